The van der Waals surface area contributed by atoms with E-state index in [2.05, 4.69) is 31.4 Å². The van der Waals surface area contributed by atoms with Gasteiger partial charge in [-0.15, -0.1) is 0 Å². The molecule has 0 spiro atoms. The summed E-state index contributed by atoms with van der Waals surface area (Å²) in [7, 11) is 0. The van der Waals surface area contributed by atoms with Crippen LogP contribution in [-0.2, 0) is 17.5 Å². The van der Waals surface area contributed by atoms with Crippen molar-refractivity contribution in [2.75, 3.05) is 6.54 Å². The standard InChI is InChI=1S/C16H21BrF3N5O/c1-9-8-13(16(18,19)20)23-24(9)7-5-6-21-15(26)12(4)25-11(3)14(17)10(2)22-25/h8,12H,5-7H2,1-4H3,(H,21,26). The predicted octanol–water partition coefficient (Wildman–Crippen LogP) is 3.55. The van der Waals surface area contributed by atoms with Gasteiger partial charge in [0.25, 0.3) is 0 Å². The molecule has 0 aromatic carbocycles. The van der Waals surface area contributed by atoms with E-state index in [1.165, 1.54) is 4.68 Å². The zero-order valence-electron chi connectivity index (χ0n) is 15.0. The van der Waals surface area contributed by atoms with E-state index in [4.69, 9.17) is 0 Å². The van der Waals surface area contributed by atoms with Gasteiger partial charge in [0, 0.05) is 18.8 Å². The molecule has 2 aromatic rings. The summed E-state index contributed by atoms with van der Waals surface area (Å²) in [6, 6.07) is 0.532. The quantitative estimate of drug-likeness (QED) is 0.705. The Hall–Kier alpha value is -1.84. The minimum absolute atomic E-state index is 0.198. The van der Waals surface area contributed by atoms with Gasteiger partial charge in [-0.3, -0.25) is 14.2 Å². The van der Waals surface area contributed by atoms with Crippen molar-refractivity contribution in [3.63, 3.8) is 0 Å². The third kappa shape index (κ3) is 4.46. The van der Waals surface area contributed by atoms with Crippen LogP contribution in [0.5, 0.6) is 0 Å². The smallest absolute Gasteiger partial charge is 0.354 e. The molecule has 1 N–H and O–H groups in total. The van der Waals surface area contributed by atoms with Gasteiger partial charge >= 0.3 is 6.18 Å². The molecule has 0 radical (unpaired) electrons. The molecular formula is C16H21BrF3N5O. The number of carbonyl (C=O) groups is 1. The molecule has 2 aromatic heterocycles. The number of amides is 1. The number of hydrogen-bond donors (Lipinski definition) is 1. The average molecular weight is 436 g/mol. The minimum Gasteiger partial charge on any atom is -0.354 e. The van der Waals surface area contributed by atoms with Crippen LogP contribution in [0.25, 0.3) is 0 Å². The van der Waals surface area contributed by atoms with Gasteiger partial charge in [0.2, 0.25) is 5.91 Å². The van der Waals surface area contributed by atoms with Gasteiger partial charge in [0.05, 0.1) is 15.9 Å². The maximum absolute atomic E-state index is 12.6. The first kappa shape index (κ1) is 20.5. The lowest BCUT2D eigenvalue weighted by molar-refractivity contribution is -0.141. The molecule has 6 nitrogen and oxygen atoms in total. The Balaban J connectivity index is 1.87. The predicted molar refractivity (Wildman–Crippen MR) is 93.7 cm³/mol. The van der Waals surface area contributed by atoms with Gasteiger partial charge in [0.15, 0.2) is 5.69 Å². The highest BCUT2D eigenvalue weighted by Gasteiger charge is 2.34. The number of carbonyl (C=O) groups excluding carboxylic acids is 1. The molecule has 0 aliphatic carbocycles. The second-order valence-corrected chi connectivity index (χ2v) is 6.93. The number of hydrogen-bond acceptors (Lipinski definition) is 3. The molecule has 0 aliphatic rings. The van der Waals surface area contributed by atoms with Crippen LogP contribution < -0.4 is 5.32 Å². The van der Waals surface area contributed by atoms with E-state index in [0.717, 1.165) is 21.9 Å². The Kier molecular flexibility index (Phi) is 6.15. The molecule has 0 bridgehead atoms. The molecule has 1 unspecified atom stereocenters. The Morgan fingerprint density at radius 1 is 1.31 bits per heavy atom. The van der Waals surface area contributed by atoms with E-state index in [-0.39, 0.29) is 5.91 Å². The van der Waals surface area contributed by atoms with Gasteiger partial charge in [-0.25, -0.2) is 0 Å². The zero-order chi connectivity index (χ0) is 19.6. The Labute approximate surface area is 157 Å². The molecule has 0 aliphatic heterocycles. The summed E-state index contributed by atoms with van der Waals surface area (Å²) in [5.41, 5.74) is 1.20. The number of nitrogens with zero attached hydrogens (tertiary/aromatic N) is 4. The van der Waals surface area contributed by atoms with E-state index in [1.807, 2.05) is 13.8 Å². The largest absolute Gasteiger partial charge is 0.435 e. The van der Waals surface area contributed by atoms with Crippen molar-refractivity contribution in [2.45, 2.75) is 52.9 Å². The summed E-state index contributed by atoms with van der Waals surface area (Å²) >= 11 is 3.42. The fourth-order valence-corrected chi connectivity index (χ4v) is 2.86. The SMILES string of the molecule is Cc1nn(C(C)C(=O)NCCCn2nc(C(F)(F)F)cc2C)c(C)c1Br. The first-order valence-electron chi connectivity index (χ1n) is 8.13. The lowest BCUT2D eigenvalue weighted by Gasteiger charge is -2.14. The third-order valence-corrected chi connectivity index (χ3v) is 5.25. The van der Waals surface area contributed by atoms with E-state index < -0.39 is 17.9 Å². The van der Waals surface area contributed by atoms with Crippen LogP contribution in [0.1, 0.15) is 42.2 Å². The van der Waals surface area contributed by atoms with Crippen LogP contribution in [0.4, 0.5) is 13.2 Å². The van der Waals surface area contributed by atoms with Crippen molar-refractivity contribution in [1.82, 2.24) is 24.9 Å². The van der Waals surface area contributed by atoms with Crippen LogP contribution in [0, 0.1) is 20.8 Å². The van der Waals surface area contributed by atoms with Crippen LogP contribution >= 0.6 is 15.9 Å². The Morgan fingerprint density at radius 2 is 1.96 bits per heavy atom. The summed E-state index contributed by atoms with van der Waals surface area (Å²) in [5.74, 6) is -0.198. The van der Waals surface area contributed by atoms with E-state index in [9.17, 15) is 18.0 Å². The van der Waals surface area contributed by atoms with Gasteiger partial charge in [-0.2, -0.15) is 23.4 Å². The number of halogens is 4. The van der Waals surface area contributed by atoms with E-state index in [1.54, 1.807) is 18.5 Å². The summed E-state index contributed by atoms with van der Waals surface area (Å²) < 4.78 is 41.7. The van der Waals surface area contributed by atoms with E-state index in [0.29, 0.717) is 25.2 Å². The Bertz CT molecular complexity index is 797. The second-order valence-electron chi connectivity index (χ2n) is 6.14. The lowest BCUT2D eigenvalue weighted by atomic mass is 10.3. The van der Waals surface area contributed by atoms with Crippen LogP contribution in [-0.4, -0.2) is 32.0 Å². The van der Waals surface area contributed by atoms with Gasteiger partial charge in [0.1, 0.15) is 6.04 Å². The molecule has 26 heavy (non-hydrogen) atoms. The molecule has 2 heterocycles. The number of nitrogens with one attached hydrogen (secondary N) is 1. The number of aryl methyl sites for hydroxylation is 3. The Morgan fingerprint density at radius 3 is 2.46 bits per heavy atom. The van der Waals surface area contributed by atoms with Crippen LogP contribution in [0.2, 0.25) is 0 Å². The number of alkyl halides is 3. The van der Waals surface area contributed by atoms with Crippen molar-refractivity contribution in [2.24, 2.45) is 0 Å². The summed E-state index contributed by atoms with van der Waals surface area (Å²) in [4.78, 5) is 12.3. The van der Waals surface area contributed by atoms with Crippen molar-refractivity contribution < 1.29 is 18.0 Å². The fraction of sp³-hybridized carbons (Fsp3) is 0.562. The minimum atomic E-state index is -4.45. The van der Waals surface area contributed by atoms with Crippen molar-refractivity contribution in [3.8, 4) is 0 Å². The molecule has 0 saturated heterocycles. The summed E-state index contributed by atoms with van der Waals surface area (Å²) in [6.45, 7) is 7.66. The van der Waals surface area contributed by atoms with Crippen molar-refractivity contribution >= 4 is 21.8 Å². The highest BCUT2D eigenvalue weighted by atomic mass is 79.9. The number of rotatable bonds is 6. The van der Waals surface area contributed by atoms with Gasteiger partial charge in [-0.05, 0) is 56.1 Å². The topological polar surface area (TPSA) is 64.7 Å². The number of aromatic nitrogens is 4. The molecule has 1 atom stereocenters. The summed E-state index contributed by atoms with van der Waals surface area (Å²) in [5, 5.41) is 10.7. The summed E-state index contributed by atoms with van der Waals surface area (Å²) in [6.07, 6.45) is -3.98. The fourth-order valence-electron chi connectivity index (χ4n) is 2.59. The van der Waals surface area contributed by atoms with Crippen molar-refractivity contribution in [3.05, 3.63) is 33.3 Å². The van der Waals surface area contributed by atoms with E-state index >= 15 is 0 Å². The normalized spacial score (nSPS) is 13.1. The third-order valence-electron chi connectivity index (χ3n) is 4.10. The second kappa shape index (κ2) is 7.81. The van der Waals surface area contributed by atoms with Gasteiger partial charge < -0.3 is 5.32 Å². The van der Waals surface area contributed by atoms with Crippen molar-refractivity contribution in [1.29, 1.82) is 0 Å². The monoisotopic (exact) mass is 435 g/mol. The van der Waals surface area contributed by atoms with Crippen LogP contribution in [0.15, 0.2) is 10.5 Å². The molecule has 1 amide bonds. The van der Waals surface area contributed by atoms with Gasteiger partial charge in [-0.1, -0.05) is 0 Å². The maximum Gasteiger partial charge on any atom is 0.435 e. The maximum atomic E-state index is 12.6. The average Bonchev–Trinajstić information content (AvgIpc) is 3.06. The highest BCUT2D eigenvalue weighted by Crippen LogP contribution is 2.28. The van der Waals surface area contributed by atoms with Crippen LogP contribution in [0.3, 0.4) is 0 Å². The molecule has 0 saturated carbocycles. The molecule has 144 valence electrons. The first-order chi connectivity index (χ1) is 12.0. The molecule has 0 fully saturated rings. The highest BCUT2D eigenvalue weighted by molar-refractivity contribution is 9.10. The zero-order valence-corrected chi connectivity index (χ0v) is 16.6. The first-order valence-corrected chi connectivity index (χ1v) is 8.92. The molecule has 2 rings (SSSR count). The molecule has 10 heteroatoms. The lowest BCUT2D eigenvalue weighted by Crippen LogP contribution is -2.33. The molecular weight excluding hydrogens is 415 g/mol.